The number of carbonyl (C=O) groups excluding carboxylic acids is 2. The van der Waals surface area contributed by atoms with Gasteiger partial charge in [-0.05, 0) is 37.3 Å². The number of benzene rings is 1. The van der Waals surface area contributed by atoms with E-state index in [2.05, 4.69) is 5.16 Å². The predicted molar refractivity (Wildman–Crippen MR) is 126 cm³/mol. The van der Waals surface area contributed by atoms with Crippen LogP contribution < -0.4 is 5.73 Å². The molecule has 0 aliphatic rings. The predicted octanol–water partition coefficient (Wildman–Crippen LogP) is 4.26. The summed E-state index contributed by atoms with van der Waals surface area (Å²) in [6.45, 7) is 11.8. The van der Waals surface area contributed by atoms with Crippen molar-refractivity contribution < 1.29 is 19.2 Å². The Morgan fingerprint density at radius 1 is 1.23 bits per heavy atom. The van der Waals surface area contributed by atoms with Gasteiger partial charge >= 0.3 is 5.97 Å². The molecule has 7 nitrogen and oxygen atoms in total. The highest BCUT2D eigenvalue weighted by molar-refractivity contribution is 6.31. The van der Waals surface area contributed by atoms with E-state index in [1.54, 1.807) is 12.1 Å². The molecule has 2 unspecified atom stereocenters. The Labute approximate surface area is 191 Å². The van der Waals surface area contributed by atoms with Crippen molar-refractivity contribution in [3.63, 3.8) is 0 Å². The molecule has 0 aromatic heterocycles. The van der Waals surface area contributed by atoms with Crippen molar-refractivity contribution in [3.8, 4) is 0 Å². The third-order valence-corrected chi connectivity index (χ3v) is 4.92. The summed E-state index contributed by atoms with van der Waals surface area (Å²) in [5, 5.41) is 4.64. The van der Waals surface area contributed by atoms with Gasteiger partial charge in [-0.3, -0.25) is 4.79 Å². The minimum Gasteiger partial charge on any atom is -0.467 e. The van der Waals surface area contributed by atoms with Crippen LogP contribution in [0.15, 0.2) is 29.4 Å². The molecule has 0 aliphatic heterocycles. The van der Waals surface area contributed by atoms with Crippen molar-refractivity contribution in [2.45, 2.75) is 66.5 Å². The Morgan fingerprint density at radius 3 is 2.29 bits per heavy atom. The van der Waals surface area contributed by atoms with Crippen molar-refractivity contribution in [1.29, 1.82) is 0 Å². The topological polar surface area (TPSA) is 94.2 Å². The average molecular weight is 456 g/mol. The van der Waals surface area contributed by atoms with E-state index in [0.717, 1.165) is 5.56 Å². The second-order valence-electron chi connectivity index (χ2n) is 7.78. The Balaban J connectivity index is 0.00000436. The van der Waals surface area contributed by atoms with Crippen LogP contribution in [-0.4, -0.2) is 55.3 Å². The van der Waals surface area contributed by atoms with E-state index in [4.69, 9.17) is 26.9 Å². The van der Waals surface area contributed by atoms with E-state index in [0.29, 0.717) is 30.1 Å². The van der Waals surface area contributed by atoms with Crippen LogP contribution in [0.5, 0.6) is 0 Å². The zero-order valence-corrected chi connectivity index (χ0v) is 20.8. The van der Waals surface area contributed by atoms with Crippen LogP contribution in [0.1, 0.15) is 59.9 Å². The first-order valence-electron chi connectivity index (χ1n) is 10.6. The van der Waals surface area contributed by atoms with Crippen molar-refractivity contribution in [1.82, 2.24) is 4.90 Å². The molecule has 0 spiro atoms. The van der Waals surface area contributed by atoms with E-state index >= 15 is 0 Å². The molecule has 0 saturated heterocycles. The fourth-order valence-electron chi connectivity index (χ4n) is 2.91. The van der Waals surface area contributed by atoms with Gasteiger partial charge in [-0.15, -0.1) is 0 Å². The molecule has 176 valence electrons. The Kier molecular flexibility index (Phi) is 13.1. The number of methoxy groups -OCH3 is 1. The van der Waals surface area contributed by atoms with Gasteiger partial charge in [0.15, 0.2) is 0 Å². The van der Waals surface area contributed by atoms with E-state index < -0.39 is 23.5 Å². The molecular weight excluding hydrogens is 418 g/mol. The van der Waals surface area contributed by atoms with Crippen LogP contribution in [0, 0.1) is 5.41 Å². The lowest BCUT2D eigenvalue weighted by Gasteiger charge is -2.35. The van der Waals surface area contributed by atoms with Gasteiger partial charge in [0, 0.05) is 17.1 Å². The Hall–Kier alpha value is -2.12. The third-order valence-electron chi connectivity index (χ3n) is 4.69. The maximum absolute atomic E-state index is 13.0. The summed E-state index contributed by atoms with van der Waals surface area (Å²) in [6.07, 6.45) is 0.681. The van der Waals surface area contributed by atoms with Gasteiger partial charge in [-0.1, -0.05) is 63.5 Å². The van der Waals surface area contributed by atoms with Crippen LogP contribution in [0.3, 0.4) is 0 Å². The van der Waals surface area contributed by atoms with Crippen LogP contribution in [0.25, 0.3) is 0 Å². The van der Waals surface area contributed by atoms with Gasteiger partial charge in [0.1, 0.15) is 13.2 Å². The quantitative estimate of drug-likeness (QED) is 0.341. The highest BCUT2D eigenvalue weighted by Crippen LogP contribution is 2.22. The maximum Gasteiger partial charge on any atom is 0.328 e. The average Bonchev–Trinajstić information content (AvgIpc) is 2.74. The highest BCUT2D eigenvalue weighted by Gasteiger charge is 2.36. The molecule has 0 fully saturated rings. The molecule has 0 saturated carbocycles. The Morgan fingerprint density at radius 2 is 1.84 bits per heavy atom. The number of carbonyl (C=O) groups is 2. The number of oxime groups is 1. The third kappa shape index (κ3) is 8.87. The molecular formula is C23H38ClN3O4. The van der Waals surface area contributed by atoms with Gasteiger partial charge in [-0.2, -0.15) is 0 Å². The van der Waals surface area contributed by atoms with Crippen molar-refractivity contribution in [3.05, 3.63) is 34.9 Å². The molecule has 1 rings (SSSR count). The highest BCUT2D eigenvalue weighted by atomic mass is 35.5. The summed E-state index contributed by atoms with van der Waals surface area (Å²) in [6, 6.07) is 5.67. The first-order valence-corrected chi connectivity index (χ1v) is 10.9. The zero-order valence-electron chi connectivity index (χ0n) is 20.1. The number of rotatable bonds is 9. The van der Waals surface area contributed by atoms with Crippen LogP contribution in [0.4, 0.5) is 0 Å². The molecule has 31 heavy (non-hydrogen) atoms. The molecule has 2 N–H and O–H groups in total. The fraction of sp³-hybridized carbons (Fsp3) is 0.609. The number of nitrogens with two attached hydrogens (primary N) is 1. The summed E-state index contributed by atoms with van der Waals surface area (Å²) in [5.74, 6) is -0.785. The molecule has 1 amide bonds. The molecule has 1 aromatic carbocycles. The SMILES string of the molecule is CC.CCN(C(=O)C(N)C(C)(C)C)C(CC/C(=N\OC)c1cccc(Cl)c1)C(=O)OC. The summed E-state index contributed by atoms with van der Waals surface area (Å²) < 4.78 is 4.96. The van der Waals surface area contributed by atoms with E-state index in [9.17, 15) is 9.59 Å². The number of amides is 1. The molecule has 0 bridgehead atoms. The number of esters is 1. The molecule has 1 aromatic rings. The maximum atomic E-state index is 13.0. The summed E-state index contributed by atoms with van der Waals surface area (Å²) >= 11 is 6.08. The molecule has 8 heteroatoms. The Bertz CT molecular complexity index is 732. The van der Waals surface area contributed by atoms with Crippen LogP contribution in [-0.2, 0) is 19.2 Å². The largest absolute Gasteiger partial charge is 0.467 e. The second-order valence-corrected chi connectivity index (χ2v) is 8.21. The monoisotopic (exact) mass is 455 g/mol. The first kappa shape index (κ1) is 28.9. The van der Waals surface area contributed by atoms with Gasteiger partial charge in [-0.25, -0.2) is 4.79 Å². The van der Waals surface area contributed by atoms with E-state index in [-0.39, 0.29) is 5.91 Å². The smallest absolute Gasteiger partial charge is 0.328 e. The van der Waals surface area contributed by atoms with Crippen molar-refractivity contribution in [2.75, 3.05) is 20.8 Å². The normalized spacial score (nSPS) is 13.4. The minimum atomic E-state index is -0.785. The molecule has 0 radical (unpaired) electrons. The van der Waals surface area contributed by atoms with Gasteiger partial charge in [0.05, 0.1) is 18.9 Å². The van der Waals surface area contributed by atoms with E-state index in [1.807, 2.05) is 53.7 Å². The zero-order chi connectivity index (χ0) is 24.2. The lowest BCUT2D eigenvalue weighted by Crippen LogP contribution is -2.55. The number of nitrogens with zero attached hydrogens (tertiary/aromatic N) is 2. The summed E-state index contributed by atoms with van der Waals surface area (Å²) in [7, 11) is 2.75. The molecule has 0 heterocycles. The van der Waals surface area contributed by atoms with Gasteiger partial charge in [0.25, 0.3) is 0 Å². The minimum absolute atomic E-state index is 0.289. The standard InChI is InChI=1S/C21H32ClN3O4.C2H6/c1-7-25(19(26)18(23)21(2,3)4)17(20(27)28-5)12-11-16(24-29-6)14-9-8-10-15(22)13-14;1-2/h8-10,13,17-18H,7,11-12,23H2,1-6H3;1-2H3/b24-16+;. The number of ether oxygens (including phenoxy) is 1. The lowest BCUT2D eigenvalue weighted by atomic mass is 9.86. The van der Waals surface area contributed by atoms with Crippen molar-refractivity contribution in [2.24, 2.45) is 16.3 Å². The molecule has 0 aliphatic carbocycles. The summed E-state index contributed by atoms with van der Waals surface area (Å²) in [5.41, 5.74) is 7.12. The van der Waals surface area contributed by atoms with Gasteiger partial charge in [0.2, 0.25) is 5.91 Å². The number of hydrogen-bond acceptors (Lipinski definition) is 6. The first-order chi connectivity index (χ1) is 14.6. The van der Waals surface area contributed by atoms with Gasteiger partial charge < -0.3 is 20.2 Å². The lowest BCUT2D eigenvalue weighted by molar-refractivity contribution is -0.154. The second kappa shape index (κ2) is 14.0. The summed E-state index contributed by atoms with van der Waals surface area (Å²) in [4.78, 5) is 31.9. The number of hydrogen-bond donors (Lipinski definition) is 1. The molecule has 2 atom stereocenters. The van der Waals surface area contributed by atoms with Crippen molar-refractivity contribution >= 4 is 29.2 Å². The van der Waals surface area contributed by atoms with Crippen LogP contribution in [0.2, 0.25) is 5.02 Å². The fourth-order valence-corrected chi connectivity index (χ4v) is 3.10. The van der Waals surface area contributed by atoms with E-state index in [1.165, 1.54) is 19.1 Å². The van der Waals surface area contributed by atoms with Crippen LogP contribution >= 0.6 is 11.6 Å². The number of likely N-dealkylation sites (N-methyl/N-ethyl adjacent to an activating group) is 1. The number of halogens is 1.